The lowest BCUT2D eigenvalue weighted by atomic mass is 9.97. The molecule has 178 valence electrons. The van der Waals surface area contributed by atoms with Gasteiger partial charge in [0.05, 0.1) is 11.6 Å². The molecule has 0 aliphatic carbocycles. The van der Waals surface area contributed by atoms with Gasteiger partial charge < -0.3 is 10.4 Å². The minimum absolute atomic E-state index is 0.130. The van der Waals surface area contributed by atoms with Gasteiger partial charge in [-0.1, -0.05) is 48.5 Å². The van der Waals surface area contributed by atoms with Crippen molar-refractivity contribution >= 4 is 22.8 Å². The van der Waals surface area contributed by atoms with E-state index in [1.165, 1.54) is 12.1 Å². The van der Waals surface area contributed by atoms with Crippen LogP contribution in [0.3, 0.4) is 0 Å². The van der Waals surface area contributed by atoms with Crippen molar-refractivity contribution in [2.75, 3.05) is 0 Å². The summed E-state index contributed by atoms with van der Waals surface area (Å²) in [5, 5.41) is 12.8. The first kappa shape index (κ1) is 24.1. The van der Waals surface area contributed by atoms with E-state index in [0.29, 0.717) is 30.3 Å². The van der Waals surface area contributed by atoms with Gasteiger partial charge in [-0.25, -0.2) is 4.39 Å². The van der Waals surface area contributed by atoms with Gasteiger partial charge in [-0.15, -0.1) is 0 Å². The van der Waals surface area contributed by atoms with Crippen molar-refractivity contribution in [2.24, 2.45) is 0 Å². The number of aromatic nitrogens is 1. The highest BCUT2D eigenvalue weighted by atomic mass is 19.1. The number of hydrogen-bond acceptors (Lipinski definition) is 3. The van der Waals surface area contributed by atoms with Crippen LogP contribution < -0.4 is 5.32 Å². The molecule has 35 heavy (non-hydrogen) atoms. The van der Waals surface area contributed by atoms with Crippen molar-refractivity contribution in [3.05, 3.63) is 102 Å². The average molecular weight is 471 g/mol. The molecule has 0 fully saturated rings. The molecule has 0 saturated carbocycles. The minimum atomic E-state index is -0.801. The summed E-state index contributed by atoms with van der Waals surface area (Å²) in [6.45, 7) is 1.85. The number of aryl methyl sites for hydroxylation is 1. The molecular weight excluding hydrogens is 443 g/mol. The van der Waals surface area contributed by atoms with Crippen LogP contribution >= 0.6 is 0 Å². The maximum atomic E-state index is 13.2. The Labute approximate surface area is 203 Å². The van der Waals surface area contributed by atoms with E-state index in [-0.39, 0.29) is 24.2 Å². The number of carboxylic acids is 1. The molecule has 0 aliphatic heterocycles. The lowest BCUT2D eigenvalue weighted by Gasteiger charge is -2.15. The summed E-state index contributed by atoms with van der Waals surface area (Å²) in [6, 6.07) is 23.3. The van der Waals surface area contributed by atoms with E-state index in [9.17, 15) is 14.0 Å². The van der Waals surface area contributed by atoms with Gasteiger partial charge in [0.1, 0.15) is 5.82 Å². The molecule has 4 rings (SSSR count). The highest BCUT2D eigenvalue weighted by Crippen LogP contribution is 2.28. The van der Waals surface area contributed by atoms with E-state index >= 15 is 0 Å². The largest absolute Gasteiger partial charge is 0.481 e. The van der Waals surface area contributed by atoms with Crippen LogP contribution in [0.25, 0.3) is 22.0 Å². The smallest absolute Gasteiger partial charge is 0.303 e. The fourth-order valence-corrected chi connectivity index (χ4v) is 4.09. The molecule has 6 heteroatoms. The number of fused-ring (bicyclic) bond motifs is 1. The van der Waals surface area contributed by atoms with Crippen LogP contribution in [0.1, 0.15) is 53.8 Å². The van der Waals surface area contributed by atoms with Crippen molar-refractivity contribution in [1.82, 2.24) is 10.3 Å². The Morgan fingerprint density at radius 1 is 0.971 bits per heavy atom. The fourth-order valence-electron chi connectivity index (χ4n) is 4.09. The van der Waals surface area contributed by atoms with Crippen molar-refractivity contribution in [2.45, 2.75) is 38.6 Å². The number of amides is 1. The summed E-state index contributed by atoms with van der Waals surface area (Å²) in [5.41, 5.74) is 4.95. The first-order chi connectivity index (χ1) is 16.9. The van der Waals surface area contributed by atoms with Gasteiger partial charge in [0.2, 0.25) is 0 Å². The standard InChI is InChI=1S/C29H27FN2O3/c1-19(20-13-15-24(30)16-14-20)31-29(35)23-12-11-22-17-25(21-7-3-2-4-8-21)26(32-27(22)18-23)9-5-6-10-28(33)34/h2-4,7-8,11-19H,5-6,9-10H2,1H3,(H,31,35)(H,33,34)/t19-/m1/s1. The van der Waals surface area contributed by atoms with Gasteiger partial charge in [-0.3, -0.25) is 14.6 Å². The number of nitrogens with zero attached hydrogens (tertiary/aromatic N) is 1. The van der Waals surface area contributed by atoms with Crippen LogP contribution in [0.2, 0.25) is 0 Å². The Hall–Kier alpha value is -4.06. The van der Waals surface area contributed by atoms with Crippen LogP contribution in [0.5, 0.6) is 0 Å². The van der Waals surface area contributed by atoms with Crippen molar-refractivity contribution in [1.29, 1.82) is 0 Å². The van der Waals surface area contributed by atoms with Crippen LogP contribution in [-0.4, -0.2) is 22.0 Å². The zero-order valence-corrected chi connectivity index (χ0v) is 19.5. The Morgan fingerprint density at radius 2 is 1.71 bits per heavy atom. The van der Waals surface area contributed by atoms with Crippen molar-refractivity contribution < 1.29 is 19.1 Å². The highest BCUT2D eigenvalue weighted by Gasteiger charge is 2.15. The zero-order valence-electron chi connectivity index (χ0n) is 19.5. The molecule has 1 aromatic heterocycles. The van der Waals surface area contributed by atoms with Gasteiger partial charge in [0, 0.05) is 28.6 Å². The number of rotatable bonds is 9. The lowest BCUT2D eigenvalue weighted by Crippen LogP contribution is -2.26. The molecule has 2 N–H and O–H groups in total. The summed E-state index contributed by atoms with van der Waals surface area (Å²) < 4.78 is 13.2. The second kappa shape index (κ2) is 10.9. The van der Waals surface area contributed by atoms with Crippen molar-refractivity contribution in [3.63, 3.8) is 0 Å². The molecular formula is C29H27FN2O3. The number of hydrogen-bond donors (Lipinski definition) is 2. The molecule has 5 nitrogen and oxygen atoms in total. The number of halogens is 1. The summed E-state index contributed by atoms with van der Waals surface area (Å²) in [5.74, 6) is -1.35. The van der Waals surface area contributed by atoms with Gasteiger partial charge in [0.25, 0.3) is 5.91 Å². The Bertz CT molecular complexity index is 1340. The first-order valence-electron chi connectivity index (χ1n) is 11.7. The molecule has 0 saturated heterocycles. The van der Waals surface area contributed by atoms with Crippen LogP contribution in [-0.2, 0) is 11.2 Å². The third-order valence-electron chi connectivity index (χ3n) is 6.02. The van der Waals surface area contributed by atoms with E-state index in [2.05, 4.69) is 11.4 Å². The van der Waals surface area contributed by atoms with E-state index < -0.39 is 5.97 Å². The molecule has 0 unspecified atom stereocenters. The number of carbonyl (C=O) groups excluding carboxylic acids is 1. The second-order valence-corrected chi connectivity index (χ2v) is 8.60. The number of pyridine rings is 1. The molecule has 0 bridgehead atoms. The third kappa shape index (κ3) is 6.09. The zero-order chi connectivity index (χ0) is 24.8. The first-order valence-corrected chi connectivity index (χ1v) is 11.7. The number of carbonyl (C=O) groups is 2. The molecule has 1 amide bonds. The molecule has 0 spiro atoms. The van der Waals surface area contributed by atoms with E-state index in [1.54, 1.807) is 24.3 Å². The number of carboxylic acid groups (broad SMARTS) is 1. The normalized spacial score (nSPS) is 11.8. The van der Waals surface area contributed by atoms with E-state index in [0.717, 1.165) is 27.8 Å². The quantitative estimate of drug-likeness (QED) is 0.280. The molecule has 0 radical (unpaired) electrons. The minimum Gasteiger partial charge on any atom is -0.481 e. The van der Waals surface area contributed by atoms with Crippen LogP contribution in [0, 0.1) is 5.82 Å². The predicted octanol–water partition coefficient (Wildman–Crippen LogP) is 6.33. The summed E-state index contributed by atoms with van der Waals surface area (Å²) in [4.78, 5) is 28.7. The van der Waals surface area contributed by atoms with Crippen molar-refractivity contribution in [3.8, 4) is 11.1 Å². The summed E-state index contributed by atoms with van der Waals surface area (Å²) in [6.07, 6.45) is 2.06. The van der Waals surface area contributed by atoms with Gasteiger partial charge in [-0.2, -0.15) is 0 Å². The van der Waals surface area contributed by atoms with Gasteiger partial charge >= 0.3 is 5.97 Å². The maximum Gasteiger partial charge on any atom is 0.303 e. The lowest BCUT2D eigenvalue weighted by molar-refractivity contribution is -0.137. The Morgan fingerprint density at radius 3 is 2.43 bits per heavy atom. The van der Waals surface area contributed by atoms with E-state index in [4.69, 9.17) is 10.1 Å². The molecule has 4 aromatic rings. The molecule has 1 atom stereocenters. The number of nitrogens with one attached hydrogen (secondary N) is 1. The number of unbranched alkanes of at least 4 members (excludes halogenated alkanes) is 1. The number of aliphatic carboxylic acids is 1. The average Bonchev–Trinajstić information content (AvgIpc) is 2.86. The van der Waals surface area contributed by atoms with Crippen LogP contribution in [0.4, 0.5) is 4.39 Å². The Balaban J connectivity index is 1.61. The topological polar surface area (TPSA) is 79.3 Å². The fraction of sp³-hybridized carbons (Fsp3) is 0.207. The molecule has 1 heterocycles. The monoisotopic (exact) mass is 470 g/mol. The molecule has 0 aliphatic rings. The van der Waals surface area contributed by atoms with Gasteiger partial charge in [0.15, 0.2) is 0 Å². The second-order valence-electron chi connectivity index (χ2n) is 8.60. The highest BCUT2D eigenvalue weighted by molar-refractivity contribution is 5.98. The SMILES string of the molecule is C[C@@H](NC(=O)c1ccc2cc(-c3ccccc3)c(CCCCC(=O)O)nc2c1)c1ccc(F)cc1. The summed E-state index contributed by atoms with van der Waals surface area (Å²) in [7, 11) is 0. The maximum absolute atomic E-state index is 13.2. The van der Waals surface area contributed by atoms with Gasteiger partial charge in [-0.05, 0) is 67.6 Å². The Kier molecular flexibility index (Phi) is 7.51. The number of benzene rings is 3. The van der Waals surface area contributed by atoms with Crippen LogP contribution in [0.15, 0.2) is 78.9 Å². The molecule has 3 aromatic carbocycles. The van der Waals surface area contributed by atoms with E-state index in [1.807, 2.05) is 43.3 Å². The third-order valence-corrected chi connectivity index (χ3v) is 6.02. The predicted molar refractivity (Wildman–Crippen MR) is 135 cm³/mol. The summed E-state index contributed by atoms with van der Waals surface area (Å²) >= 11 is 0.